The van der Waals surface area contributed by atoms with Crippen LogP contribution in [0, 0.1) is 6.92 Å². The van der Waals surface area contributed by atoms with Crippen LogP contribution < -0.4 is 15.0 Å². The van der Waals surface area contributed by atoms with Gasteiger partial charge in [-0.05, 0) is 87.7 Å². The van der Waals surface area contributed by atoms with Gasteiger partial charge < -0.3 is 24.6 Å². The Labute approximate surface area is 253 Å². The Balaban J connectivity index is 0.00000387. The van der Waals surface area contributed by atoms with Crippen molar-refractivity contribution >= 4 is 47.2 Å². The van der Waals surface area contributed by atoms with Crippen molar-refractivity contribution in [3.63, 3.8) is 0 Å². The van der Waals surface area contributed by atoms with E-state index in [-0.39, 0.29) is 30.3 Å². The Hall–Kier alpha value is -3.10. The van der Waals surface area contributed by atoms with Crippen LogP contribution >= 0.6 is 24.0 Å². The Morgan fingerprint density at radius 2 is 1.76 bits per heavy atom. The molecule has 0 saturated carbocycles. The monoisotopic (exact) mass is 597 g/mol. The third-order valence-corrected chi connectivity index (χ3v) is 7.96. The minimum atomic E-state index is -0.215. The average molecular weight is 599 g/mol. The SMILES string of the molecule is COc1cc(NC(=O)c2ccccc2C)ccc1C(=O)N1CCCC(OCCN2CCCC2)c2cc(Cl)ccc21.Cl. The lowest BCUT2D eigenvalue weighted by atomic mass is 10.0. The summed E-state index contributed by atoms with van der Waals surface area (Å²) in [5.74, 6) is 0.00834. The highest BCUT2D eigenvalue weighted by Gasteiger charge is 2.29. The summed E-state index contributed by atoms with van der Waals surface area (Å²) in [5.41, 5.74) is 4.19. The van der Waals surface area contributed by atoms with Crippen molar-refractivity contribution in [2.24, 2.45) is 0 Å². The molecule has 2 aliphatic rings. The molecular weight excluding hydrogens is 561 g/mol. The van der Waals surface area contributed by atoms with Crippen molar-refractivity contribution in [2.75, 3.05) is 50.1 Å². The van der Waals surface area contributed by atoms with E-state index >= 15 is 0 Å². The molecular formula is C32H37Cl2N3O4. The summed E-state index contributed by atoms with van der Waals surface area (Å²) in [4.78, 5) is 31.0. The molecule has 0 radical (unpaired) electrons. The number of rotatable bonds is 8. The first-order valence-corrected chi connectivity index (χ1v) is 14.3. The zero-order valence-electron chi connectivity index (χ0n) is 23.5. The second-order valence-corrected chi connectivity index (χ2v) is 10.8. The van der Waals surface area contributed by atoms with E-state index in [2.05, 4.69) is 10.2 Å². The molecule has 218 valence electrons. The van der Waals surface area contributed by atoms with E-state index in [1.807, 2.05) is 43.3 Å². The highest BCUT2D eigenvalue weighted by molar-refractivity contribution is 6.30. The van der Waals surface area contributed by atoms with Crippen molar-refractivity contribution in [1.29, 1.82) is 0 Å². The van der Waals surface area contributed by atoms with E-state index in [0.29, 0.717) is 40.7 Å². The van der Waals surface area contributed by atoms with E-state index in [9.17, 15) is 9.59 Å². The first-order valence-electron chi connectivity index (χ1n) is 13.9. The molecule has 0 aromatic heterocycles. The summed E-state index contributed by atoms with van der Waals surface area (Å²) in [7, 11) is 1.53. The molecule has 1 fully saturated rings. The second kappa shape index (κ2) is 14.2. The summed E-state index contributed by atoms with van der Waals surface area (Å²) >= 11 is 6.42. The molecule has 3 aromatic carbocycles. The van der Waals surface area contributed by atoms with Crippen molar-refractivity contribution in [2.45, 2.75) is 38.7 Å². The summed E-state index contributed by atoms with van der Waals surface area (Å²) < 4.78 is 12.0. The topological polar surface area (TPSA) is 71.1 Å². The number of aryl methyl sites for hydroxylation is 1. The zero-order valence-corrected chi connectivity index (χ0v) is 25.1. The predicted octanol–water partition coefficient (Wildman–Crippen LogP) is 6.93. The Morgan fingerprint density at radius 1 is 0.976 bits per heavy atom. The first kappa shape index (κ1) is 30.8. The number of nitrogens with one attached hydrogen (secondary N) is 1. The summed E-state index contributed by atoms with van der Waals surface area (Å²) in [6.45, 7) is 6.28. The van der Waals surface area contributed by atoms with Gasteiger partial charge in [0.15, 0.2) is 0 Å². The molecule has 1 unspecified atom stereocenters. The number of halogens is 2. The van der Waals surface area contributed by atoms with Crippen molar-refractivity contribution in [3.05, 3.63) is 87.9 Å². The maximum Gasteiger partial charge on any atom is 0.262 e. The lowest BCUT2D eigenvalue weighted by Gasteiger charge is -2.25. The van der Waals surface area contributed by atoms with Crippen LogP contribution in [0.25, 0.3) is 0 Å². The van der Waals surface area contributed by atoms with Crippen molar-refractivity contribution < 1.29 is 19.1 Å². The van der Waals surface area contributed by atoms with Gasteiger partial charge in [0.05, 0.1) is 25.4 Å². The smallest absolute Gasteiger partial charge is 0.262 e. The molecule has 1 N–H and O–H groups in total. The number of methoxy groups -OCH3 is 1. The van der Waals surface area contributed by atoms with Crippen LogP contribution in [0.3, 0.4) is 0 Å². The van der Waals surface area contributed by atoms with Crippen LogP contribution in [0.15, 0.2) is 60.7 Å². The number of hydrogen-bond donors (Lipinski definition) is 1. The molecule has 5 rings (SSSR count). The van der Waals surface area contributed by atoms with Gasteiger partial charge in [0, 0.05) is 46.7 Å². The minimum Gasteiger partial charge on any atom is -0.496 e. The van der Waals surface area contributed by atoms with Gasteiger partial charge >= 0.3 is 0 Å². The number of likely N-dealkylation sites (tertiary alicyclic amines) is 1. The Kier molecular flexibility index (Phi) is 10.7. The Morgan fingerprint density at radius 3 is 2.51 bits per heavy atom. The molecule has 2 aliphatic heterocycles. The van der Waals surface area contributed by atoms with Gasteiger partial charge in [0.1, 0.15) is 5.75 Å². The number of amides is 2. The van der Waals surface area contributed by atoms with E-state index in [0.717, 1.165) is 49.3 Å². The fraction of sp³-hybridized carbons (Fsp3) is 0.375. The molecule has 2 heterocycles. The fourth-order valence-electron chi connectivity index (χ4n) is 5.57. The number of carbonyl (C=O) groups excluding carboxylic acids is 2. The normalized spacial score (nSPS) is 16.9. The molecule has 2 amide bonds. The predicted molar refractivity (Wildman–Crippen MR) is 166 cm³/mol. The van der Waals surface area contributed by atoms with Gasteiger partial charge in [-0.25, -0.2) is 0 Å². The zero-order chi connectivity index (χ0) is 28.1. The van der Waals surface area contributed by atoms with Gasteiger partial charge in [-0.3, -0.25) is 9.59 Å². The average Bonchev–Trinajstić information content (AvgIpc) is 3.41. The third kappa shape index (κ3) is 7.22. The summed E-state index contributed by atoms with van der Waals surface area (Å²) in [5, 5.41) is 3.54. The summed E-state index contributed by atoms with van der Waals surface area (Å²) in [6, 6.07) is 18.2. The highest BCUT2D eigenvalue weighted by atomic mass is 35.5. The van der Waals surface area contributed by atoms with Gasteiger partial charge in [-0.15, -0.1) is 12.4 Å². The number of benzene rings is 3. The molecule has 3 aromatic rings. The van der Waals surface area contributed by atoms with Gasteiger partial charge in [-0.1, -0.05) is 29.8 Å². The maximum atomic E-state index is 14.0. The molecule has 0 aliphatic carbocycles. The number of nitrogens with zero attached hydrogens (tertiary/aromatic N) is 2. The van der Waals surface area contributed by atoms with Crippen LogP contribution in [0.4, 0.5) is 11.4 Å². The fourth-order valence-corrected chi connectivity index (χ4v) is 5.75. The number of carbonyl (C=O) groups is 2. The lowest BCUT2D eigenvalue weighted by molar-refractivity contribution is 0.0354. The molecule has 0 bridgehead atoms. The molecule has 0 spiro atoms. The van der Waals surface area contributed by atoms with Gasteiger partial charge in [0.25, 0.3) is 11.8 Å². The quantitative estimate of drug-likeness (QED) is 0.305. The third-order valence-electron chi connectivity index (χ3n) is 7.73. The number of hydrogen-bond acceptors (Lipinski definition) is 5. The molecule has 7 nitrogen and oxygen atoms in total. The van der Waals surface area contributed by atoms with Crippen LogP contribution in [0.5, 0.6) is 5.75 Å². The largest absolute Gasteiger partial charge is 0.496 e. The van der Waals surface area contributed by atoms with Crippen LogP contribution in [0.1, 0.15) is 63.6 Å². The minimum absolute atomic E-state index is 0. The van der Waals surface area contributed by atoms with Gasteiger partial charge in [-0.2, -0.15) is 0 Å². The highest BCUT2D eigenvalue weighted by Crippen LogP contribution is 2.38. The van der Waals surface area contributed by atoms with E-state index in [1.165, 1.54) is 20.0 Å². The van der Waals surface area contributed by atoms with E-state index < -0.39 is 0 Å². The first-order chi connectivity index (χ1) is 19.4. The number of anilines is 2. The van der Waals surface area contributed by atoms with Crippen molar-refractivity contribution in [1.82, 2.24) is 4.90 Å². The molecule has 1 atom stereocenters. The van der Waals surface area contributed by atoms with Crippen LogP contribution in [-0.2, 0) is 4.74 Å². The lowest BCUT2D eigenvalue weighted by Crippen LogP contribution is -2.32. The molecule has 9 heteroatoms. The van der Waals surface area contributed by atoms with Gasteiger partial charge in [0.2, 0.25) is 0 Å². The summed E-state index contributed by atoms with van der Waals surface area (Å²) in [6.07, 6.45) is 3.97. The van der Waals surface area contributed by atoms with E-state index in [4.69, 9.17) is 21.1 Å². The molecule has 1 saturated heterocycles. The standard InChI is InChI=1S/C32H36ClN3O4.ClH/c1-22-8-3-4-9-25(22)31(37)34-24-12-13-26(30(21-24)39-2)32(38)36-17-7-10-29(27-20-23(33)11-14-28(27)36)40-19-18-35-15-5-6-16-35;/h3-4,8-9,11-14,20-21,29H,5-7,10,15-19H2,1-2H3,(H,34,37);1H. The van der Waals surface area contributed by atoms with Crippen LogP contribution in [-0.4, -0.2) is 56.6 Å². The second-order valence-electron chi connectivity index (χ2n) is 10.4. The van der Waals surface area contributed by atoms with Crippen molar-refractivity contribution in [3.8, 4) is 5.75 Å². The maximum absolute atomic E-state index is 14.0. The number of ether oxygens (including phenoxy) is 2. The Bertz CT molecular complexity index is 1380. The molecule has 41 heavy (non-hydrogen) atoms. The number of fused-ring (bicyclic) bond motifs is 1. The van der Waals surface area contributed by atoms with E-state index in [1.54, 1.807) is 29.2 Å². The van der Waals surface area contributed by atoms with Crippen LogP contribution in [0.2, 0.25) is 5.02 Å².